The minimum absolute atomic E-state index is 0.235. The average Bonchev–Trinajstić information content (AvgIpc) is 2.87. The summed E-state index contributed by atoms with van der Waals surface area (Å²) in [6.07, 6.45) is 6.51. The normalized spacial score (nSPS) is 40.9. The first-order valence-corrected chi connectivity index (χ1v) is 9.16. The first-order chi connectivity index (χ1) is 9.31. The van der Waals surface area contributed by atoms with Crippen LogP contribution >= 0.6 is 11.8 Å². The second-order valence-corrected chi connectivity index (χ2v) is 7.48. The molecular weight excluding hydrogens is 256 g/mol. The van der Waals surface area contributed by atoms with Gasteiger partial charge in [0.2, 0.25) is 0 Å². The van der Waals surface area contributed by atoms with Gasteiger partial charge in [-0.25, -0.2) is 0 Å². The molecule has 3 saturated heterocycles. The van der Waals surface area contributed by atoms with Gasteiger partial charge in [0, 0.05) is 31.0 Å². The van der Waals surface area contributed by atoms with E-state index in [1.54, 1.807) is 0 Å². The SMILES string of the molecule is CCNC1CCCN(C2CCOC3(CCSC3)C2)C1. The Kier molecular flexibility index (Phi) is 4.73. The fourth-order valence-electron chi connectivity index (χ4n) is 3.97. The summed E-state index contributed by atoms with van der Waals surface area (Å²) in [4.78, 5) is 2.75. The topological polar surface area (TPSA) is 24.5 Å². The van der Waals surface area contributed by atoms with Gasteiger partial charge in [-0.2, -0.15) is 11.8 Å². The van der Waals surface area contributed by atoms with E-state index >= 15 is 0 Å². The van der Waals surface area contributed by atoms with Crippen molar-refractivity contribution >= 4 is 11.8 Å². The van der Waals surface area contributed by atoms with Gasteiger partial charge in [-0.1, -0.05) is 6.92 Å². The van der Waals surface area contributed by atoms with Crippen molar-refractivity contribution in [1.82, 2.24) is 10.2 Å². The number of thioether (sulfide) groups is 1. The summed E-state index contributed by atoms with van der Waals surface area (Å²) in [5, 5.41) is 3.64. The van der Waals surface area contributed by atoms with Crippen molar-refractivity contribution in [3.8, 4) is 0 Å². The summed E-state index contributed by atoms with van der Waals surface area (Å²) in [5.74, 6) is 2.53. The summed E-state index contributed by atoms with van der Waals surface area (Å²) in [5.41, 5.74) is 0.235. The van der Waals surface area contributed by atoms with Crippen LogP contribution in [0.2, 0.25) is 0 Å². The largest absolute Gasteiger partial charge is 0.374 e. The molecule has 19 heavy (non-hydrogen) atoms. The quantitative estimate of drug-likeness (QED) is 0.858. The second-order valence-electron chi connectivity index (χ2n) is 6.37. The Morgan fingerprint density at radius 1 is 1.42 bits per heavy atom. The Balaban J connectivity index is 1.58. The highest BCUT2D eigenvalue weighted by molar-refractivity contribution is 7.99. The van der Waals surface area contributed by atoms with Gasteiger partial charge >= 0.3 is 0 Å². The van der Waals surface area contributed by atoms with Gasteiger partial charge in [-0.3, -0.25) is 4.90 Å². The molecule has 3 aliphatic rings. The Labute approximate surface area is 121 Å². The molecule has 0 aromatic rings. The molecule has 0 radical (unpaired) electrons. The molecule has 3 nitrogen and oxygen atoms in total. The molecule has 4 heteroatoms. The summed E-state index contributed by atoms with van der Waals surface area (Å²) in [6.45, 7) is 6.86. The van der Waals surface area contributed by atoms with Crippen LogP contribution in [0.4, 0.5) is 0 Å². The molecule has 3 atom stereocenters. The van der Waals surface area contributed by atoms with Gasteiger partial charge in [0.05, 0.1) is 5.60 Å². The van der Waals surface area contributed by atoms with Gasteiger partial charge in [0.25, 0.3) is 0 Å². The monoisotopic (exact) mass is 284 g/mol. The fraction of sp³-hybridized carbons (Fsp3) is 1.00. The van der Waals surface area contributed by atoms with E-state index in [-0.39, 0.29) is 5.60 Å². The highest BCUT2D eigenvalue weighted by Gasteiger charge is 2.42. The van der Waals surface area contributed by atoms with E-state index in [0.717, 1.165) is 25.2 Å². The lowest BCUT2D eigenvalue weighted by molar-refractivity contribution is -0.0927. The zero-order valence-electron chi connectivity index (χ0n) is 12.2. The van der Waals surface area contributed by atoms with Crippen LogP contribution in [0.1, 0.15) is 39.0 Å². The molecule has 0 saturated carbocycles. The number of hydrogen-bond donors (Lipinski definition) is 1. The molecule has 3 heterocycles. The fourth-order valence-corrected chi connectivity index (χ4v) is 5.35. The van der Waals surface area contributed by atoms with Crippen molar-refractivity contribution in [3.63, 3.8) is 0 Å². The summed E-state index contributed by atoms with van der Waals surface area (Å²) >= 11 is 2.08. The first-order valence-electron chi connectivity index (χ1n) is 8.00. The molecule has 0 amide bonds. The number of nitrogens with zero attached hydrogens (tertiary/aromatic N) is 1. The van der Waals surface area contributed by atoms with Crippen molar-refractivity contribution in [2.75, 3.05) is 37.7 Å². The minimum atomic E-state index is 0.235. The smallest absolute Gasteiger partial charge is 0.0795 e. The summed E-state index contributed by atoms with van der Waals surface area (Å²) in [7, 11) is 0. The molecule has 0 aliphatic carbocycles. The van der Waals surface area contributed by atoms with E-state index in [1.165, 1.54) is 56.7 Å². The van der Waals surface area contributed by atoms with E-state index in [0.29, 0.717) is 0 Å². The standard InChI is InChI=1S/C15H28N2OS/c1-2-16-13-4-3-7-17(11-13)14-5-8-18-15(10-14)6-9-19-12-15/h13-14,16H,2-12H2,1H3. The van der Waals surface area contributed by atoms with Crippen LogP contribution in [-0.4, -0.2) is 60.3 Å². The van der Waals surface area contributed by atoms with Crippen molar-refractivity contribution in [3.05, 3.63) is 0 Å². The maximum atomic E-state index is 6.16. The van der Waals surface area contributed by atoms with E-state index < -0.39 is 0 Å². The van der Waals surface area contributed by atoms with Gasteiger partial charge in [0.15, 0.2) is 0 Å². The number of likely N-dealkylation sites (N-methyl/N-ethyl adjacent to an activating group) is 1. The molecule has 0 aromatic carbocycles. The van der Waals surface area contributed by atoms with Gasteiger partial charge in [-0.05, 0) is 50.9 Å². The molecule has 3 rings (SSSR count). The molecule has 3 unspecified atom stereocenters. The molecule has 3 fully saturated rings. The van der Waals surface area contributed by atoms with Crippen LogP contribution in [0.5, 0.6) is 0 Å². The highest BCUT2D eigenvalue weighted by Crippen LogP contribution is 2.39. The van der Waals surface area contributed by atoms with Crippen LogP contribution in [-0.2, 0) is 4.74 Å². The number of rotatable bonds is 3. The van der Waals surface area contributed by atoms with Crippen LogP contribution in [0.15, 0.2) is 0 Å². The second kappa shape index (κ2) is 6.33. The van der Waals surface area contributed by atoms with E-state index in [2.05, 4.69) is 28.9 Å². The number of likely N-dealkylation sites (tertiary alicyclic amines) is 1. The Morgan fingerprint density at radius 3 is 3.16 bits per heavy atom. The molecule has 0 aromatic heterocycles. The number of piperidine rings is 1. The van der Waals surface area contributed by atoms with Crippen molar-refractivity contribution < 1.29 is 4.74 Å². The predicted molar refractivity (Wildman–Crippen MR) is 81.9 cm³/mol. The zero-order chi connectivity index (χ0) is 13.1. The molecule has 110 valence electrons. The Bertz CT molecular complexity index is 292. The van der Waals surface area contributed by atoms with Gasteiger partial charge in [-0.15, -0.1) is 0 Å². The third-order valence-corrected chi connectivity index (χ3v) is 6.22. The number of hydrogen-bond acceptors (Lipinski definition) is 4. The van der Waals surface area contributed by atoms with Gasteiger partial charge < -0.3 is 10.1 Å². The summed E-state index contributed by atoms with van der Waals surface area (Å²) in [6, 6.07) is 1.49. The van der Waals surface area contributed by atoms with Crippen LogP contribution in [0.25, 0.3) is 0 Å². The maximum Gasteiger partial charge on any atom is 0.0795 e. The van der Waals surface area contributed by atoms with E-state index in [4.69, 9.17) is 4.74 Å². The maximum absolute atomic E-state index is 6.16. The Hall–Kier alpha value is 0.230. The average molecular weight is 284 g/mol. The lowest BCUT2D eigenvalue weighted by Crippen LogP contribution is -2.54. The lowest BCUT2D eigenvalue weighted by atomic mass is 9.88. The highest BCUT2D eigenvalue weighted by atomic mass is 32.2. The lowest BCUT2D eigenvalue weighted by Gasteiger charge is -2.45. The zero-order valence-corrected chi connectivity index (χ0v) is 13.0. The molecular formula is C15H28N2OS. The molecule has 1 spiro atoms. The van der Waals surface area contributed by atoms with E-state index in [1.807, 2.05) is 0 Å². The molecule has 1 N–H and O–H groups in total. The Morgan fingerprint density at radius 2 is 2.37 bits per heavy atom. The third kappa shape index (κ3) is 3.29. The van der Waals surface area contributed by atoms with Crippen molar-refractivity contribution in [2.24, 2.45) is 0 Å². The van der Waals surface area contributed by atoms with Gasteiger partial charge in [0.1, 0.15) is 0 Å². The minimum Gasteiger partial charge on any atom is -0.374 e. The van der Waals surface area contributed by atoms with E-state index in [9.17, 15) is 0 Å². The van der Waals surface area contributed by atoms with Crippen LogP contribution in [0.3, 0.4) is 0 Å². The summed E-state index contributed by atoms with van der Waals surface area (Å²) < 4.78 is 6.16. The van der Waals surface area contributed by atoms with Crippen molar-refractivity contribution in [2.45, 2.75) is 56.7 Å². The number of nitrogens with one attached hydrogen (secondary N) is 1. The third-order valence-electron chi connectivity index (χ3n) is 5.00. The van der Waals surface area contributed by atoms with Crippen LogP contribution < -0.4 is 5.32 Å². The van der Waals surface area contributed by atoms with Crippen LogP contribution in [0, 0.1) is 0 Å². The predicted octanol–water partition coefficient (Wildman–Crippen LogP) is 2.12. The molecule has 0 bridgehead atoms. The first kappa shape index (κ1) is 14.2. The number of ether oxygens (including phenoxy) is 1. The molecule has 3 aliphatic heterocycles. The van der Waals surface area contributed by atoms with Crippen molar-refractivity contribution in [1.29, 1.82) is 0 Å².